The molecule has 2 N–H and O–H groups in total. The summed E-state index contributed by atoms with van der Waals surface area (Å²) in [5.74, 6) is 0.0585. The van der Waals surface area contributed by atoms with Crippen LogP contribution in [0.3, 0.4) is 0 Å². The zero-order chi connectivity index (χ0) is 12.3. The van der Waals surface area contributed by atoms with Gasteiger partial charge in [-0.25, -0.2) is 4.98 Å². The van der Waals surface area contributed by atoms with Gasteiger partial charge < -0.3 is 9.67 Å². The summed E-state index contributed by atoms with van der Waals surface area (Å²) in [7, 11) is 1.89. The third kappa shape index (κ3) is 2.82. The molecule has 90 valence electrons. The fourth-order valence-electron chi connectivity index (χ4n) is 1.69. The monoisotopic (exact) mass is 225 g/mol. The molecular weight excluding hydrogens is 206 g/mol. The van der Waals surface area contributed by atoms with Crippen LogP contribution in [0.4, 0.5) is 0 Å². The fraction of sp³-hybridized carbons (Fsp3) is 0.636. The first-order valence-electron chi connectivity index (χ1n) is 5.39. The van der Waals surface area contributed by atoms with Crippen molar-refractivity contribution in [3.05, 3.63) is 18.2 Å². The van der Waals surface area contributed by atoms with Crippen LogP contribution in [0, 0.1) is 5.92 Å². The highest BCUT2D eigenvalue weighted by Crippen LogP contribution is 2.12. The standard InChI is InChI=1S/C11H19N3O2/c1-7(2)9(11(15)16)13-8(3)10-12-5-6-14(10)4/h5-9,13H,1-4H3,(H,15,16). The highest BCUT2D eigenvalue weighted by atomic mass is 16.4. The van der Waals surface area contributed by atoms with Gasteiger partial charge in [-0.05, 0) is 12.8 Å². The molecule has 0 fully saturated rings. The number of nitrogens with zero attached hydrogens (tertiary/aromatic N) is 2. The average Bonchev–Trinajstić information content (AvgIpc) is 2.59. The van der Waals surface area contributed by atoms with E-state index >= 15 is 0 Å². The minimum Gasteiger partial charge on any atom is -0.480 e. The summed E-state index contributed by atoms with van der Waals surface area (Å²) >= 11 is 0. The predicted molar refractivity (Wildman–Crippen MR) is 61.0 cm³/mol. The van der Waals surface area contributed by atoms with Gasteiger partial charge in [0.15, 0.2) is 0 Å². The van der Waals surface area contributed by atoms with Crippen LogP contribution in [0.25, 0.3) is 0 Å². The lowest BCUT2D eigenvalue weighted by molar-refractivity contribution is -0.140. The van der Waals surface area contributed by atoms with Crippen LogP contribution < -0.4 is 5.32 Å². The van der Waals surface area contributed by atoms with Crippen LogP contribution in [0.5, 0.6) is 0 Å². The second kappa shape index (κ2) is 5.12. The van der Waals surface area contributed by atoms with E-state index in [1.54, 1.807) is 6.20 Å². The van der Waals surface area contributed by atoms with Gasteiger partial charge in [-0.3, -0.25) is 10.1 Å². The molecule has 5 nitrogen and oxygen atoms in total. The molecule has 1 heterocycles. The number of hydrogen-bond donors (Lipinski definition) is 2. The van der Waals surface area contributed by atoms with Crippen LogP contribution >= 0.6 is 0 Å². The van der Waals surface area contributed by atoms with Crippen LogP contribution in [0.2, 0.25) is 0 Å². The number of nitrogens with one attached hydrogen (secondary N) is 1. The first-order chi connectivity index (χ1) is 7.43. The molecule has 1 aromatic rings. The molecule has 2 unspecified atom stereocenters. The van der Waals surface area contributed by atoms with Gasteiger partial charge in [-0.15, -0.1) is 0 Å². The second-order valence-electron chi connectivity index (χ2n) is 4.34. The Bertz CT molecular complexity index is 360. The molecule has 2 atom stereocenters. The number of aromatic nitrogens is 2. The topological polar surface area (TPSA) is 67.2 Å². The molecule has 0 saturated heterocycles. The lowest BCUT2D eigenvalue weighted by atomic mass is 10.0. The number of aryl methyl sites for hydroxylation is 1. The van der Waals surface area contributed by atoms with Crippen molar-refractivity contribution in [3.8, 4) is 0 Å². The maximum atomic E-state index is 11.0. The second-order valence-corrected chi connectivity index (χ2v) is 4.34. The Balaban J connectivity index is 2.73. The van der Waals surface area contributed by atoms with E-state index in [4.69, 9.17) is 5.11 Å². The lowest BCUT2D eigenvalue weighted by Crippen LogP contribution is -2.42. The van der Waals surface area contributed by atoms with Crippen molar-refractivity contribution in [2.24, 2.45) is 13.0 Å². The van der Waals surface area contributed by atoms with Crippen molar-refractivity contribution >= 4 is 5.97 Å². The molecule has 0 spiro atoms. The van der Waals surface area contributed by atoms with Crippen molar-refractivity contribution in [1.29, 1.82) is 0 Å². The zero-order valence-corrected chi connectivity index (χ0v) is 10.1. The normalized spacial score (nSPS) is 15.1. The largest absolute Gasteiger partial charge is 0.480 e. The molecule has 16 heavy (non-hydrogen) atoms. The Morgan fingerprint density at radius 3 is 2.50 bits per heavy atom. The third-order valence-corrected chi connectivity index (χ3v) is 2.61. The number of carbonyl (C=O) groups is 1. The van der Waals surface area contributed by atoms with Gasteiger partial charge in [0.1, 0.15) is 11.9 Å². The van der Waals surface area contributed by atoms with Crippen LogP contribution in [0.1, 0.15) is 32.6 Å². The molecule has 0 aromatic carbocycles. The quantitative estimate of drug-likeness (QED) is 0.789. The molecular formula is C11H19N3O2. The summed E-state index contributed by atoms with van der Waals surface area (Å²) in [6.07, 6.45) is 3.55. The predicted octanol–water partition coefficient (Wildman–Crippen LogP) is 1.18. The Labute approximate surface area is 95.5 Å². The zero-order valence-electron chi connectivity index (χ0n) is 10.1. The van der Waals surface area contributed by atoms with E-state index in [0.29, 0.717) is 0 Å². The minimum absolute atomic E-state index is 0.0419. The maximum absolute atomic E-state index is 11.0. The van der Waals surface area contributed by atoms with Crippen LogP contribution in [-0.2, 0) is 11.8 Å². The summed E-state index contributed by atoms with van der Waals surface area (Å²) < 4.78 is 1.89. The molecule has 0 bridgehead atoms. The summed E-state index contributed by atoms with van der Waals surface area (Å²) in [5, 5.41) is 12.1. The van der Waals surface area contributed by atoms with E-state index in [-0.39, 0.29) is 12.0 Å². The van der Waals surface area contributed by atoms with E-state index in [1.807, 2.05) is 38.6 Å². The van der Waals surface area contributed by atoms with E-state index in [9.17, 15) is 4.79 Å². The number of hydrogen-bond acceptors (Lipinski definition) is 3. The van der Waals surface area contributed by atoms with Crippen molar-refractivity contribution in [2.75, 3.05) is 0 Å². The van der Waals surface area contributed by atoms with E-state index < -0.39 is 12.0 Å². The number of rotatable bonds is 5. The van der Waals surface area contributed by atoms with Gasteiger partial charge in [0.2, 0.25) is 0 Å². The molecule has 1 rings (SSSR count). The van der Waals surface area contributed by atoms with E-state index in [1.165, 1.54) is 0 Å². The Hall–Kier alpha value is -1.36. The first kappa shape index (κ1) is 12.7. The Morgan fingerprint density at radius 1 is 1.50 bits per heavy atom. The number of carboxylic acid groups (broad SMARTS) is 1. The highest BCUT2D eigenvalue weighted by molar-refractivity contribution is 5.73. The summed E-state index contributed by atoms with van der Waals surface area (Å²) in [4.78, 5) is 15.2. The van der Waals surface area contributed by atoms with Crippen molar-refractivity contribution in [2.45, 2.75) is 32.9 Å². The molecule has 0 aliphatic carbocycles. The molecule has 5 heteroatoms. The average molecular weight is 225 g/mol. The molecule has 0 aliphatic heterocycles. The van der Waals surface area contributed by atoms with E-state index in [2.05, 4.69) is 10.3 Å². The van der Waals surface area contributed by atoms with Crippen LogP contribution in [-0.4, -0.2) is 26.7 Å². The van der Waals surface area contributed by atoms with Gasteiger partial charge in [-0.1, -0.05) is 13.8 Å². The third-order valence-electron chi connectivity index (χ3n) is 2.61. The summed E-state index contributed by atoms with van der Waals surface area (Å²) in [6, 6.07) is -0.629. The van der Waals surface area contributed by atoms with Crippen molar-refractivity contribution in [1.82, 2.24) is 14.9 Å². The number of imidazole rings is 1. The van der Waals surface area contributed by atoms with Gasteiger partial charge in [0.25, 0.3) is 0 Å². The summed E-state index contributed by atoms with van der Waals surface area (Å²) in [6.45, 7) is 5.69. The van der Waals surface area contributed by atoms with Crippen molar-refractivity contribution in [3.63, 3.8) is 0 Å². The molecule has 0 aliphatic rings. The lowest BCUT2D eigenvalue weighted by Gasteiger charge is -2.22. The maximum Gasteiger partial charge on any atom is 0.320 e. The van der Waals surface area contributed by atoms with Gasteiger partial charge in [0.05, 0.1) is 6.04 Å². The molecule has 0 amide bonds. The summed E-state index contributed by atoms with van der Waals surface area (Å²) in [5.41, 5.74) is 0. The van der Waals surface area contributed by atoms with Crippen LogP contribution in [0.15, 0.2) is 12.4 Å². The molecule has 0 radical (unpaired) electrons. The highest BCUT2D eigenvalue weighted by Gasteiger charge is 2.24. The SMILES string of the molecule is CC(NC(C(=O)O)C(C)C)c1nccn1C. The Morgan fingerprint density at radius 2 is 2.12 bits per heavy atom. The minimum atomic E-state index is -0.823. The van der Waals surface area contributed by atoms with Gasteiger partial charge in [0, 0.05) is 19.4 Å². The van der Waals surface area contributed by atoms with E-state index in [0.717, 1.165) is 5.82 Å². The molecule has 1 aromatic heterocycles. The van der Waals surface area contributed by atoms with Gasteiger partial charge >= 0.3 is 5.97 Å². The first-order valence-corrected chi connectivity index (χ1v) is 5.39. The number of aliphatic carboxylic acids is 1. The number of carboxylic acids is 1. The van der Waals surface area contributed by atoms with Crippen molar-refractivity contribution < 1.29 is 9.90 Å². The van der Waals surface area contributed by atoms with Gasteiger partial charge in [-0.2, -0.15) is 0 Å². The Kier molecular flexibility index (Phi) is 4.06. The smallest absolute Gasteiger partial charge is 0.320 e. The molecule has 0 saturated carbocycles. The fourth-order valence-corrected chi connectivity index (χ4v) is 1.69.